The fourth-order valence-corrected chi connectivity index (χ4v) is 1.10. The number of rotatable bonds is 4. The molecule has 2 N–H and O–H groups in total. The zero-order valence-electron chi connectivity index (χ0n) is 8.12. The second kappa shape index (κ2) is 4.46. The standard InChI is InChI=1S/C11H13NO2/c1-3-6-14-11-5-4-9(12)7-10(11)8(2)13/h3-5,7H,1,6,12H2,2H3. The molecule has 0 aliphatic heterocycles. The molecule has 1 aromatic carbocycles. The Labute approximate surface area is 83.2 Å². The van der Waals surface area contributed by atoms with E-state index in [4.69, 9.17) is 10.5 Å². The van der Waals surface area contributed by atoms with E-state index in [0.29, 0.717) is 23.6 Å². The van der Waals surface area contributed by atoms with Crippen LogP contribution in [-0.2, 0) is 0 Å². The lowest BCUT2D eigenvalue weighted by Crippen LogP contribution is -2.02. The third kappa shape index (κ3) is 2.36. The number of ketones is 1. The van der Waals surface area contributed by atoms with Crippen molar-refractivity contribution in [2.24, 2.45) is 0 Å². The van der Waals surface area contributed by atoms with Gasteiger partial charge in [0, 0.05) is 5.69 Å². The molecule has 0 saturated heterocycles. The minimum atomic E-state index is -0.0589. The lowest BCUT2D eigenvalue weighted by atomic mass is 10.1. The highest BCUT2D eigenvalue weighted by atomic mass is 16.5. The highest BCUT2D eigenvalue weighted by Gasteiger charge is 2.07. The van der Waals surface area contributed by atoms with Gasteiger partial charge in [-0.05, 0) is 25.1 Å². The van der Waals surface area contributed by atoms with Gasteiger partial charge in [-0.3, -0.25) is 4.79 Å². The second-order valence-electron chi connectivity index (χ2n) is 2.91. The van der Waals surface area contributed by atoms with Crippen LogP contribution in [0, 0.1) is 0 Å². The Kier molecular flexibility index (Phi) is 3.29. The molecule has 0 saturated carbocycles. The number of ether oxygens (including phenoxy) is 1. The predicted molar refractivity (Wildman–Crippen MR) is 56.6 cm³/mol. The van der Waals surface area contributed by atoms with E-state index in [1.807, 2.05) is 0 Å². The molecule has 0 spiro atoms. The van der Waals surface area contributed by atoms with E-state index in [2.05, 4.69) is 6.58 Å². The van der Waals surface area contributed by atoms with Crippen LogP contribution in [0.3, 0.4) is 0 Å². The van der Waals surface area contributed by atoms with E-state index in [9.17, 15) is 4.79 Å². The summed E-state index contributed by atoms with van der Waals surface area (Å²) in [7, 11) is 0. The van der Waals surface area contributed by atoms with Crippen LogP contribution in [0.1, 0.15) is 17.3 Å². The van der Waals surface area contributed by atoms with E-state index in [-0.39, 0.29) is 5.78 Å². The van der Waals surface area contributed by atoms with Gasteiger partial charge in [-0.2, -0.15) is 0 Å². The first-order chi connectivity index (χ1) is 6.65. The van der Waals surface area contributed by atoms with Crippen molar-refractivity contribution in [1.29, 1.82) is 0 Å². The van der Waals surface area contributed by atoms with Crippen LogP contribution < -0.4 is 10.5 Å². The van der Waals surface area contributed by atoms with Gasteiger partial charge < -0.3 is 10.5 Å². The molecule has 1 rings (SSSR count). The summed E-state index contributed by atoms with van der Waals surface area (Å²) in [6.45, 7) is 5.39. The lowest BCUT2D eigenvalue weighted by molar-refractivity contribution is 0.101. The van der Waals surface area contributed by atoms with Crippen molar-refractivity contribution in [1.82, 2.24) is 0 Å². The molecule has 14 heavy (non-hydrogen) atoms. The number of benzene rings is 1. The third-order valence-corrected chi connectivity index (χ3v) is 1.74. The molecule has 0 radical (unpaired) electrons. The number of nitrogens with two attached hydrogens (primary N) is 1. The highest BCUT2D eigenvalue weighted by molar-refractivity contribution is 5.97. The first kappa shape index (κ1) is 10.3. The molecule has 0 heterocycles. The Hall–Kier alpha value is -1.77. The van der Waals surface area contributed by atoms with E-state index in [0.717, 1.165) is 0 Å². The maximum atomic E-state index is 11.2. The van der Waals surface area contributed by atoms with Gasteiger partial charge in [0.05, 0.1) is 5.56 Å². The highest BCUT2D eigenvalue weighted by Crippen LogP contribution is 2.21. The molecule has 0 bridgehead atoms. The average Bonchev–Trinajstić information content (AvgIpc) is 2.15. The van der Waals surface area contributed by atoms with E-state index >= 15 is 0 Å². The van der Waals surface area contributed by atoms with Gasteiger partial charge in [-0.25, -0.2) is 0 Å². The summed E-state index contributed by atoms with van der Waals surface area (Å²) >= 11 is 0. The summed E-state index contributed by atoms with van der Waals surface area (Å²) in [5, 5.41) is 0. The summed E-state index contributed by atoms with van der Waals surface area (Å²) in [6.07, 6.45) is 1.63. The minimum absolute atomic E-state index is 0.0589. The average molecular weight is 191 g/mol. The normalized spacial score (nSPS) is 9.50. The maximum absolute atomic E-state index is 11.2. The zero-order chi connectivity index (χ0) is 10.6. The molecule has 0 atom stereocenters. The van der Waals surface area contributed by atoms with E-state index in [1.54, 1.807) is 24.3 Å². The van der Waals surface area contributed by atoms with Gasteiger partial charge in [0.2, 0.25) is 0 Å². The van der Waals surface area contributed by atoms with Crippen LogP contribution in [0.15, 0.2) is 30.9 Å². The van der Waals surface area contributed by atoms with Crippen LogP contribution in [0.25, 0.3) is 0 Å². The molecule has 1 aromatic rings. The van der Waals surface area contributed by atoms with Crippen molar-refractivity contribution in [3.05, 3.63) is 36.4 Å². The van der Waals surface area contributed by atoms with Crippen molar-refractivity contribution in [3.63, 3.8) is 0 Å². The Morgan fingerprint density at radius 3 is 2.93 bits per heavy atom. The number of hydrogen-bond donors (Lipinski definition) is 1. The maximum Gasteiger partial charge on any atom is 0.163 e. The van der Waals surface area contributed by atoms with Crippen molar-refractivity contribution in [2.75, 3.05) is 12.3 Å². The largest absolute Gasteiger partial charge is 0.489 e. The Morgan fingerprint density at radius 2 is 2.36 bits per heavy atom. The summed E-state index contributed by atoms with van der Waals surface area (Å²) in [5.41, 5.74) is 6.63. The predicted octanol–water partition coefficient (Wildman–Crippen LogP) is 2.04. The van der Waals surface area contributed by atoms with Gasteiger partial charge in [0.15, 0.2) is 5.78 Å². The van der Waals surface area contributed by atoms with Gasteiger partial charge in [-0.1, -0.05) is 12.7 Å². The molecule has 0 fully saturated rings. The van der Waals surface area contributed by atoms with Crippen molar-refractivity contribution in [2.45, 2.75) is 6.92 Å². The fraction of sp³-hybridized carbons (Fsp3) is 0.182. The third-order valence-electron chi connectivity index (χ3n) is 1.74. The van der Waals surface area contributed by atoms with Gasteiger partial charge >= 0.3 is 0 Å². The molecule has 0 aliphatic carbocycles. The second-order valence-corrected chi connectivity index (χ2v) is 2.91. The number of carbonyl (C=O) groups is 1. The molecule has 0 unspecified atom stereocenters. The number of hydrogen-bond acceptors (Lipinski definition) is 3. The van der Waals surface area contributed by atoms with Crippen molar-refractivity contribution >= 4 is 11.5 Å². The molecular formula is C11H13NO2. The van der Waals surface area contributed by atoms with Gasteiger partial charge in [0.25, 0.3) is 0 Å². The monoisotopic (exact) mass is 191 g/mol. The molecule has 3 nitrogen and oxygen atoms in total. The smallest absolute Gasteiger partial charge is 0.163 e. The summed E-state index contributed by atoms with van der Waals surface area (Å²) in [4.78, 5) is 11.2. The number of nitrogen functional groups attached to an aromatic ring is 1. The van der Waals surface area contributed by atoms with Crippen LogP contribution >= 0.6 is 0 Å². The minimum Gasteiger partial charge on any atom is -0.489 e. The topological polar surface area (TPSA) is 52.3 Å². The van der Waals surface area contributed by atoms with Crippen molar-refractivity contribution in [3.8, 4) is 5.75 Å². The van der Waals surface area contributed by atoms with Crippen LogP contribution in [0.4, 0.5) is 5.69 Å². The lowest BCUT2D eigenvalue weighted by Gasteiger charge is -2.08. The Morgan fingerprint density at radius 1 is 1.64 bits per heavy atom. The SMILES string of the molecule is C=CCOc1ccc(N)cc1C(C)=O. The summed E-state index contributed by atoms with van der Waals surface area (Å²) in [5.74, 6) is 0.489. The molecule has 74 valence electrons. The van der Waals surface area contributed by atoms with E-state index < -0.39 is 0 Å². The fourth-order valence-electron chi connectivity index (χ4n) is 1.10. The molecule has 3 heteroatoms. The number of carbonyl (C=O) groups excluding carboxylic acids is 1. The summed E-state index contributed by atoms with van der Waals surface area (Å²) < 4.78 is 5.31. The van der Waals surface area contributed by atoms with Crippen molar-refractivity contribution < 1.29 is 9.53 Å². The Balaban J connectivity index is 3.01. The number of Topliss-reactive ketones (excluding diaryl/α,β-unsaturated/α-hetero) is 1. The first-order valence-corrected chi connectivity index (χ1v) is 4.29. The molecule has 0 amide bonds. The molecule has 0 aromatic heterocycles. The quantitative estimate of drug-likeness (QED) is 0.450. The first-order valence-electron chi connectivity index (χ1n) is 4.29. The molecular weight excluding hydrogens is 178 g/mol. The van der Waals surface area contributed by atoms with Gasteiger partial charge in [-0.15, -0.1) is 0 Å². The molecule has 0 aliphatic rings. The zero-order valence-corrected chi connectivity index (χ0v) is 8.12. The van der Waals surface area contributed by atoms with E-state index in [1.165, 1.54) is 6.92 Å². The summed E-state index contributed by atoms with van der Waals surface area (Å²) in [6, 6.07) is 5.00. The van der Waals surface area contributed by atoms with Crippen LogP contribution in [-0.4, -0.2) is 12.4 Å². The van der Waals surface area contributed by atoms with Crippen LogP contribution in [0.2, 0.25) is 0 Å². The van der Waals surface area contributed by atoms with Crippen LogP contribution in [0.5, 0.6) is 5.75 Å². The number of anilines is 1. The Bertz CT molecular complexity index is 358. The van der Waals surface area contributed by atoms with Gasteiger partial charge in [0.1, 0.15) is 12.4 Å².